The zero-order valence-electron chi connectivity index (χ0n) is 17.9. The first-order valence-electron chi connectivity index (χ1n) is 11.2. The van der Waals surface area contributed by atoms with E-state index in [1.54, 1.807) is 7.11 Å². The molecule has 6 nitrogen and oxygen atoms in total. The Morgan fingerprint density at radius 1 is 1.16 bits per heavy atom. The summed E-state index contributed by atoms with van der Waals surface area (Å²) in [6, 6.07) is 14.4. The Labute approximate surface area is 183 Å². The molecule has 3 atom stereocenters. The molecule has 0 aromatic heterocycles. The molecule has 164 valence electrons. The molecule has 2 aromatic rings. The molecule has 0 spiro atoms. The van der Waals surface area contributed by atoms with E-state index >= 15 is 0 Å². The van der Waals surface area contributed by atoms with E-state index in [0.717, 1.165) is 53.9 Å². The zero-order chi connectivity index (χ0) is 21.4. The highest BCUT2D eigenvalue weighted by Gasteiger charge is 2.46. The van der Waals surface area contributed by atoms with E-state index in [0.29, 0.717) is 13.2 Å². The number of amides is 1. The summed E-state index contributed by atoms with van der Waals surface area (Å²) in [6.07, 6.45) is 2.50. The fraction of sp³-hybridized carbons (Fsp3) is 0.480. The fourth-order valence-corrected chi connectivity index (χ4v) is 5.47. The maximum Gasteiger partial charge on any atom is 0.226 e. The predicted octanol–water partition coefficient (Wildman–Crippen LogP) is 3.46. The van der Waals surface area contributed by atoms with Crippen LogP contribution in [0.25, 0.3) is 11.1 Å². The standard InChI is InChI=1S/C25H30N2O4/c1-30-19-4-2-3-17(13-19)18-5-6-22-21(14-18)24-20(23(15-28)26-22)7-10-27(24)25(29)16-8-11-31-12-9-16/h2-6,13-14,16,20,23-24,26,28H,7-12,15H2,1H3/t20-,23-,24-/m0/s1. The minimum atomic E-state index is -0.0346. The monoisotopic (exact) mass is 422 g/mol. The Bertz CT molecular complexity index is 956. The van der Waals surface area contributed by atoms with Crippen molar-refractivity contribution in [2.75, 3.05) is 38.8 Å². The molecule has 1 amide bonds. The number of ether oxygens (including phenoxy) is 2. The van der Waals surface area contributed by atoms with Crippen LogP contribution in [-0.4, -0.2) is 55.4 Å². The highest BCUT2D eigenvalue weighted by molar-refractivity contribution is 5.81. The van der Waals surface area contributed by atoms with Gasteiger partial charge in [0.1, 0.15) is 5.75 Å². The number of rotatable bonds is 4. The van der Waals surface area contributed by atoms with Crippen LogP contribution in [0, 0.1) is 11.8 Å². The lowest BCUT2D eigenvalue weighted by molar-refractivity contribution is -0.140. The molecular formula is C25H30N2O4. The van der Waals surface area contributed by atoms with Gasteiger partial charge in [-0.2, -0.15) is 0 Å². The third-order valence-electron chi connectivity index (χ3n) is 7.13. The van der Waals surface area contributed by atoms with Gasteiger partial charge in [-0.25, -0.2) is 0 Å². The number of aliphatic hydroxyl groups is 1. The minimum absolute atomic E-state index is 0.00528. The number of hydrogen-bond acceptors (Lipinski definition) is 5. The fourth-order valence-electron chi connectivity index (χ4n) is 5.47. The molecule has 0 unspecified atom stereocenters. The van der Waals surface area contributed by atoms with Crippen LogP contribution in [0.1, 0.15) is 30.9 Å². The average Bonchev–Trinajstić information content (AvgIpc) is 3.29. The van der Waals surface area contributed by atoms with Crippen molar-refractivity contribution in [3.63, 3.8) is 0 Å². The molecule has 6 heteroatoms. The van der Waals surface area contributed by atoms with E-state index < -0.39 is 0 Å². The van der Waals surface area contributed by atoms with Crippen LogP contribution in [-0.2, 0) is 9.53 Å². The number of hydrogen-bond donors (Lipinski definition) is 2. The summed E-state index contributed by atoms with van der Waals surface area (Å²) >= 11 is 0. The maximum absolute atomic E-state index is 13.5. The van der Waals surface area contributed by atoms with Gasteiger partial charge in [0.25, 0.3) is 0 Å². The molecule has 2 aromatic carbocycles. The van der Waals surface area contributed by atoms with E-state index in [9.17, 15) is 9.90 Å². The first-order valence-corrected chi connectivity index (χ1v) is 11.2. The largest absolute Gasteiger partial charge is 0.497 e. The van der Waals surface area contributed by atoms with Gasteiger partial charge < -0.3 is 24.8 Å². The van der Waals surface area contributed by atoms with Gasteiger partial charge in [-0.3, -0.25) is 4.79 Å². The van der Waals surface area contributed by atoms with E-state index in [1.807, 2.05) is 18.2 Å². The summed E-state index contributed by atoms with van der Waals surface area (Å²) in [5.74, 6) is 1.32. The van der Waals surface area contributed by atoms with E-state index in [-0.39, 0.29) is 36.4 Å². The van der Waals surface area contributed by atoms with Crippen LogP contribution in [0.15, 0.2) is 42.5 Å². The third-order valence-corrected chi connectivity index (χ3v) is 7.13. The van der Waals surface area contributed by atoms with Crippen molar-refractivity contribution in [1.29, 1.82) is 0 Å². The van der Waals surface area contributed by atoms with Gasteiger partial charge in [0.05, 0.1) is 25.8 Å². The van der Waals surface area contributed by atoms with Gasteiger partial charge in [0.2, 0.25) is 5.91 Å². The maximum atomic E-state index is 13.5. The lowest BCUT2D eigenvalue weighted by Crippen LogP contribution is -2.44. The van der Waals surface area contributed by atoms with Crippen LogP contribution >= 0.6 is 0 Å². The molecule has 3 heterocycles. The first-order chi connectivity index (χ1) is 15.2. The molecule has 2 fully saturated rings. The minimum Gasteiger partial charge on any atom is -0.497 e. The molecule has 3 aliphatic heterocycles. The molecule has 31 heavy (non-hydrogen) atoms. The van der Waals surface area contributed by atoms with Gasteiger partial charge in [0, 0.05) is 37.3 Å². The summed E-state index contributed by atoms with van der Waals surface area (Å²) in [7, 11) is 1.67. The normalized spacial score (nSPS) is 25.5. The van der Waals surface area contributed by atoms with Crippen LogP contribution in [0.2, 0.25) is 0 Å². The van der Waals surface area contributed by atoms with Crippen molar-refractivity contribution in [2.45, 2.75) is 31.3 Å². The van der Waals surface area contributed by atoms with E-state index in [1.165, 1.54) is 0 Å². The van der Waals surface area contributed by atoms with Gasteiger partial charge >= 0.3 is 0 Å². The molecule has 3 aliphatic rings. The number of methoxy groups -OCH3 is 1. The summed E-state index contributed by atoms with van der Waals surface area (Å²) in [5, 5.41) is 13.6. The summed E-state index contributed by atoms with van der Waals surface area (Å²) < 4.78 is 10.9. The second kappa shape index (κ2) is 8.52. The summed E-state index contributed by atoms with van der Waals surface area (Å²) in [4.78, 5) is 15.6. The number of benzene rings is 2. The van der Waals surface area contributed by atoms with Crippen molar-refractivity contribution < 1.29 is 19.4 Å². The number of carbonyl (C=O) groups excluding carboxylic acids is 1. The van der Waals surface area contributed by atoms with E-state index in [4.69, 9.17) is 9.47 Å². The topological polar surface area (TPSA) is 71.0 Å². The molecule has 0 bridgehead atoms. The molecule has 0 aliphatic carbocycles. The van der Waals surface area contributed by atoms with Gasteiger partial charge in [-0.1, -0.05) is 18.2 Å². The van der Waals surface area contributed by atoms with Crippen LogP contribution in [0.3, 0.4) is 0 Å². The number of aliphatic hydroxyl groups excluding tert-OH is 1. The van der Waals surface area contributed by atoms with E-state index in [2.05, 4.69) is 34.5 Å². The number of nitrogens with one attached hydrogen (secondary N) is 1. The number of anilines is 1. The molecule has 2 N–H and O–H groups in total. The molecule has 0 saturated carbocycles. The van der Waals surface area contributed by atoms with Crippen molar-refractivity contribution in [3.8, 4) is 16.9 Å². The lowest BCUT2D eigenvalue weighted by atomic mass is 9.82. The summed E-state index contributed by atoms with van der Waals surface area (Å²) in [5.41, 5.74) is 4.35. The Hall–Kier alpha value is -2.57. The Morgan fingerprint density at radius 3 is 2.74 bits per heavy atom. The van der Waals surface area contributed by atoms with Crippen LogP contribution < -0.4 is 10.1 Å². The second-order valence-electron chi connectivity index (χ2n) is 8.78. The number of fused-ring (bicyclic) bond motifs is 3. The SMILES string of the molecule is COc1cccc(-c2ccc3c(c2)[C@@H]2[C@@H](CCN2C(=O)C2CCOCC2)[C@H](CO)N3)c1. The average molecular weight is 423 g/mol. The first kappa shape index (κ1) is 20.3. The second-order valence-corrected chi connectivity index (χ2v) is 8.78. The quantitative estimate of drug-likeness (QED) is 0.790. The van der Waals surface area contributed by atoms with Crippen molar-refractivity contribution in [3.05, 3.63) is 48.0 Å². The zero-order valence-corrected chi connectivity index (χ0v) is 17.9. The highest BCUT2D eigenvalue weighted by atomic mass is 16.5. The molecule has 0 radical (unpaired) electrons. The Kier molecular flexibility index (Phi) is 5.59. The smallest absolute Gasteiger partial charge is 0.226 e. The van der Waals surface area contributed by atoms with Crippen molar-refractivity contribution >= 4 is 11.6 Å². The molecular weight excluding hydrogens is 392 g/mol. The number of nitrogens with zero attached hydrogens (tertiary/aromatic N) is 1. The van der Waals surface area contributed by atoms with Crippen molar-refractivity contribution in [2.24, 2.45) is 11.8 Å². The van der Waals surface area contributed by atoms with Crippen LogP contribution in [0.4, 0.5) is 5.69 Å². The summed E-state index contributed by atoms with van der Waals surface area (Å²) in [6.45, 7) is 2.13. The molecule has 2 saturated heterocycles. The predicted molar refractivity (Wildman–Crippen MR) is 119 cm³/mol. The van der Waals surface area contributed by atoms with Gasteiger partial charge in [-0.15, -0.1) is 0 Å². The highest BCUT2D eigenvalue weighted by Crippen LogP contribution is 2.48. The van der Waals surface area contributed by atoms with Crippen LogP contribution in [0.5, 0.6) is 5.75 Å². The van der Waals surface area contributed by atoms with Crippen molar-refractivity contribution in [1.82, 2.24) is 4.90 Å². The Morgan fingerprint density at radius 2 is 1.97 bits per heavy atom. The van der Waals surface area contributed by atoms with Gasteiger partial charge in [-0.05, 0) is 60.2 Å². The molecule has 5 rings (SSSR count). The third kappa shape index (κ3) is 3.68. The van der Waals surface area contributed by atoms with Gasteiger partial charge in [0.15, 0.2) is 0 Å². The number of likely N-dealkylation sites (tertiary alicyclic amines) is 1. The number of carbonyl (C=O) groups is 1. The Balaban J connectivity index is 1.52. The lowest BCUT2D eigenvalue weighted by Gasteiger charge is -2.40.